The van der Waals surface area contributed by atoms with Crippen LogP contribution in [0.4, 0.5) is 0 Å². The van der Waals surface area contributed by atoms with Crippen molar-refractivity contribution in [3.63, 3.8) is 0 Å². The number of rotatable bonds is 3. The largest absolute Gasteiger partial charge is 0.297 e. The second-order valence-corrected chi connectivity index (χ2v) is 4.75. The molecule has 3 rings (SSSR count). The normalized spacial score (nSPS) is 19.4. The summed E-state index contributed by atoms with van der Waals surface area (Å²) in [6, 6.07) is 4.46. The lowest BCUT2D eigenvalue weighted by molar-refractivity contribution is 0.311. The molecule has 0 N–H and O–H groups in total. The van der Waals surface area contributed by atoms with Crippen LogP contribution in [0.1, 0.15) is 23.6 Å². The quantitative estimate of drug-likeness (QED) is 0.817. The van der Waals surface area contributed by atoms with Gasteiger partial charge in [0.25, 0.3) is 0 Å². The van der Waals surface area contributed by atoms with E-state index in [9.17, 15) is 0 Å². The lowest BCUT2D eigenvalue weighted by Crippen LogP contribution is -2.21. The molecule has 0 radical (unpaired) electrons. The summed E-state index contributed by atoms with van der Waals surface area (Å²) in [5.74, 6) is 0. The van der Waals surface area contributed by atoms with Crippen molar-refractivity contribution in [3.8, 4) is 6.07 Å². The molecule has 0 aliphatic carbocycles. The molecular formula is C13H14N6. The van der Waals surface area contributed by atoms with Crippen molar-refractivity contribution in [2.24, 2.45) is 0 Å². The van der Waals surface area contributed by atoms with Gasteiger partial charge in [-0.2, -0.15) is 20.6 Å². The van der Waals surface area contributed by atoms with Gasteiger partial charge < -0.3 is 0 Å². The van der Waals surface area contributed by atoms with Crippen LogP contribution < -0.4 is 0 Å². The Labute approximate surface area is 111 Å². The fourth-order valence-corrected chi connectivity index (χ4v) is 2.44. The minimum absolute atomic E-state index is 0.358. The Kier molecular flexibility index (Phi) is 3.21. The summed E-state index contributed by atoms with van der Waals surface area (Å²) in [6.07, 6.45) is 8.02. The smallest absolute Gasteiger partial charge is 0.102 e. The minimum Gasteiger partial charge on any atom is -0.297 e. The van der Waals surface area contributed by atoms with E-state index in [2.05, 4.69) is 26.3 Å². The third kappa shape index (κ3) is 2.61. The molecule has 1 saturated heterocycles. The zero-order valence-electron chi connectivity index (χ0n) is 10.5. The molecule has 3 heterocycles. The molecule has 2 aromatic rings. The van der Waals surface area contributed by atoms with Gasteiger partial charge in [-0.3, -0.25) is 9.58 Å². The summed E-state index contributed by atoms with van der Waals surface area (Å²) < 4.78 is 1.91. The van der Waals surface area contributed by atoms with Gasteiger partial charge >= 0.3 is 0 Å². The fourth-order valence-electron chi connectivity index (χ4n) is 2.44. The highest BCUT2D eigenvalue weighted by atomic mass is 15.3. The second-order valence-electron chi connectivity index (χ2n) is 4.75. The standard InChI is InChI=1S/C13H14N6/c14-5-12-7-17-19(9-12)13-2-4-18(10-13)8-11-1-3-15-16-6-11/h1,3,6-7,9,13H,2,4,8,10H2. The molecule has 2 aromatic heterocycles. The fraction of sp³-hybridized carbons (Fsp3) is 0.385. The zero-order valence-corrected chi connectivity index (χ0v) is 10.5. The Hall–Kier alpha value is -2.26. The highest BCUT2D eigenvalue weighted by Crippen LogP contribution is 2.22. The van der Waals surface area contributed by atoms with Crippen LogP contribution in [-0.2, 0) is 6.54 Å². The Balaban J connectivity index is 1.63. The number of nitrogens with zero attached hydrogens (tertiary/aromatic N) is 6. The molecule has 1 aliphatic heterocycles. The number of hydrogen-bond donors (Lipinski definition) is 0. The Bertz CT molecular complexity index is 585. The average molecular weight is 254 g/mol. The molecule has 0 saturated carbocycles. The van der Waals surface area contributed by atoms with E-state index in [4.69, 9.17) is 5.26 Å². The first-order valence-electron chi connectivity index (χ1n) is 6.27. The second kappa shape index (κ2) is 5.16. The van der Waals surface area contributed by atoms with Crippen LogP contribution in [0.15, 0.2) is 30.9 Å². The maximum atomic E-state index is 8.81. The highest BCUT2D eigenvalue weighted by molar-refractivity contribution is 5.22. The van der Waals surface area contributed by atoms with E-state index in [1.807, 2.05) is 16.9 Å². The van der Waals surface area contributed by atoms with Gasteiger partial charge in [0, 0.05) is 32.0 Å². The summed E-state index contributed by atoms with van der Waals surface area (Å²) in [5, 5.41) is 20.7. The van der Waals surface area contributed by atoms with E-state index in [0.29, 0.717) is 11.6 Å². The maximum Gasteiger partial charge on any atom is 0.102 e. The first-order valence-corrected chi connectivity index (χ1v) is 6.27. The van der Waals surface area contributed by atoms with Crippen LogP contribution in [0, 0.1) is 11.3 Å². The minimum atomic E-state index is 0.358. The Morgan fingerprint density at radius 3 is 3.05 bits per heavy atom. The van der Waals surface area contributed by atoms with Gasteiger partial charge in [0.2, 0.25) is 0 Å². The monoisotopic (exact) mass is 254 g/mol. The van der Waals surface area contributed by atoms with Gasteiger partial charge in [0.05, 0.1) is 24.0 Å². The molecule has 0 aromatic carbocycles. The summed E-state index contributed by atoms with van der Waals surface area (Å²) in [4.78, 5) is 2.37. The molecular weight excluding hydrogens is 240 g/mol. The Morgan fingerprint density at radius 1 is 1.37 bits per heavy atom. The summed E-state index contributed by atoms with van der Waals surface area (Å²) in [5.41, 5.74) is 1.80. The molecule has 96 valence electrons. The molecule has 6 nitrogen and oxygen atoms in total. The molecule has 19 heavy (non-hydrogen) atoms. The van der Waals surface area contributed by atoms with Gasteiger partial charge in [0.15, 0.2) is 0 Å². The predicted octanol–water partition coefficient (Wildman–Crippen LogP) is 0.992. The van der Waals surface area contributed by atoms with Crippen molar-refractivity contribution in [3.05, 3.63) is 42.0 Å². The van der Waals surface area contributed by atoms with Crippen molar-refractivity contribution in [2.75, 3.05) is 13.1 Å². The predicted molar refractivity (Wildman–Crippen MR) is 67.9 cm³/mol. The SMILES string of the molecule is N#Cc1cnn(C2CCN(Cc3ccnnc3)C2)c1. The number of nitriles is 1. The summed E-state index contributed by atoms with van der Waals surface area (Å²) in [6.45, 7) is 2.88. The van der Waals surface area contributed by atoms with Crippen LogP contribution in [0.25, 0.3) is 0 Å². The summed E-state index contributed by atoms with van der Waals surface area (Å²) in [7, 11) is 0. The molecule has 1 aliphatic rings. The van der Waals surface area contributed by atoms with Gasteiger partial charge in [-0.05, 0) is 18.1 Å². The first kappa shape index (κ1) is 11.8. The highest BCUT2D eigenvalue weighted by Gasteiger charge is 2.24. The third-order valence-corrected chi connectivity index (χ3v) is 3.40. The van der Waals surface area contributed by atoms with E-state index >= 15 is 0 Å². The van der Waals surface area contributed by atoms with Crippen molar-refractivity contribution in [2.45, 2.75) is 19.0 Å². The number of hydrogen-bond acceptors (Lipinski definition) is 5. The van der Waals surface area contributed by atoms with E-state index in [0.717, 1.165) is 26.1 Å². The molecule has 1 atom stereocenters. The van der Waals surface area contributed by atoms with Gasteiger partial charge in [-0.15, -0.1) is 0 Å². The van der Waals surface area contributed by atoms with E-state index < -0.39 is 0 Å². The Morgan fingerprint density at radius 2 is 2.32 bits per heavy atom. The van der Waals surface area contributed by atoms with Gasteiger partial charge in [-0.1, -0.05) is 0 Å². The van der Waals surface area contributed by atoms with Crippen LogP contribution >= 0.6 is 0 Å². The van der Waals surface area contributed by atoms with Crippen LogP contribution in [0.5, 0.6) is 0 Å². The van der Waals surface area contributed by atoms with E-state index in [1.54, 1.807) is 18.6 Å². The lowest BCUT2D eigenvalue weighted by Gasteiger charge is -2.15. The van der Waals surface area contributed by atoms with Gasteiger partial charge in [0.1, 0.15) is 6.07 Å². The number of likely N-dealkylation sites (tertiary alicyclic amines) is 1. The molecule has 6 heteroatoms. The van der Waals surface area contributed by atoms with Crippen LogP contribution in [-0.4, -0.2) is 38.0 Å². The van der Waals surface area contributed by atoms with Crippen molar-refractivity contribution in [1.29, 1.82) is 5.26 Å². The molecule has 0 bridgehead atoms. The third-order valence-electron chi connectivity index (χ3n) is 3.40. The van der Waals surface area contributed by atoms with Crippen LogP contribution in [0.2, 0.25) is 0 Å². The topological polar surface area (TPSA) is 70.6 Å². The molecule has 1 fully saturated rings. The van der Waals surface area contributed by atoms with E-state index in [1.165, 1.54) is 5.56 Å². The number of aromatic nitrogens is 4. The maximum absolute atomic E-state index is 8.81. The van der Waals surface area contributed by atoms with Crippen molar-refractivity contribution < 1.29 is 0 Å². The van der Waals surface area contributed by atoms with E-state index in [-0.39, 0.29) is 0 Å². The lowest BCUT2D eigenvalue weighted by atomic mass is 10.3. The van der Waals surface area contributed by atoms with Crippen LogP contribution in [0.3, 0.4) is 0 Å². The molecule has 1 unspecified atom stereocenters. The molecule has 0 spiro atoms. The average Bonchev–Trinajstić information content (AvgIpc) is 3.08. The van der Waals surface area contributed by atoms with Gasteiger partial charge in [-0.25, -0.2) is 0 Å². The molecule has 0 amide bonds. The summed E-state index contributed by atoms with van der Waals surface area (Å²) >= 11 is 0. The van der Waals surface area contributed by atoms with Crippen molar-refractivity contribution >= 4 is 0 Å². The zero-order chi connectivity index (χ0) is 13.1. The van der Waals surface area contributed by atoms with Crippen molar-refractivity contribution in [1.82, 2.24) is 24.9 Å². The first-order chi connectivity index (χ1) is 9.35.